The van der Waals surface area contributed by atoms with Gasteiger partial charge in [0.05, 0.1) is 0 Å². The molecule has 0 bridgehead atoms. The van der Waals surface area contributed by atoms with Gasteiger partial charge in [0.15, 0.2) is 0 Å². The van der Waals surface area contributed by atoms with Crippen LogP contribution in [0.1, 0.15) is 43.6 Å². The first-order valence-corrected chi connectivity index (χ1v) is 6.55. The van der Waals surface area contributed by atoms with Gasteiger partial charge in [0, 0.05) is 6.04 Å². The Labute approximate surface area is 110 Å². The quantitative estimate of drug-likeness (QED) is 0.828. The Bertz CT molecular complexity index is 419. The number of rotatable bonds is 2. The minimum Gasteiger partial charge on any atom is -0.406 e. The lowest BCUT2D eigenvalue weighted by Gasteiger charge is -2.18. The van der Waals surface area contributed by atoms with E-state index in [1.807, 2.05) is 6.07 Å². The zero-order valence-electron chi connectivity index (χ0n) is 10.6. The number of ether oxygens (including phenoxy) is 1. The number of hydrogen-bond acceptors (Lipinski definition) is 2. The molecule has 0 spiro atoms. The highest BCUT2D eigenvalue weighted by molar-refractivity contribution is 5.31. The van der Waals surface area contributed by atoms with Crippen molar-refractivity contribution in [3.63, 3.8) is 0 Å². The molecule has 0 radical (unpaired) electrons. The largest absolute Gasteiger partial charge is 0.573 e. The van der Waals surface area contributed by atoms with Crippen molar-refractivity contribution in [3.8, 4) is 5.75 Å². The summed E-state index contributed by atoms with van der Waals surface area (Å²) in [5.74, 6) is 0.0807. The molecular weight excluding hydrogens is 255 g/mol. The van der Waals surface area contributed by atoms with Crippen molar-refractivity contribution in [3.05, 3.63) is 29.8 Å². The molecule has 2 atom stereocenters. The highest BCUT2D eigenvalue weighted by Gasteiger charge is 2.31. The molecule has 1 aliphatic carbocycles. The fourth-order valence-electron chi connectivity index (χ4n) is 2.67. The number of halogens is 3. The standard InChI is InChI=1S/C14H18F3NO/c15-14(16,17)19-13-7-3-5-11(9-13)10-4-1-2-6-12(18)8-10/h3,5,7,9-10,12H,1-2,4,6,8,18H2. The predicted molar refractivity (Wildman–Crippen MR) is 66.9 cm³/mol. The summed E-state index contributed by atoms with van der Waals surface area (Å²) in [6.07, 6.45) is 0.325. The maximum atomic E-state index is 12.2. The molecule has 1 aromatic rings. The van der Waals surface area contributed by atoms with E-state index in [-0.39, 0.29) is 17.7 Å². The van der Waals surface area contributed by atoms with E-state index < -0.39 is 6.36 Å². The average Bonchev–Trinajstić information content (AvgIpc) is 2.52. The van der Waals surface area contributed by atoms with E-state index in [4.69, 9.17) is 5.73 Å². The van der Waals surface area contributed by atoms with E-state index in [1.54, 1.807) is 6.07 Å². The third-order valence-corrected chi connectivity index (χ3v) is 3.53. The Balaban J connectivity index is 2.13. The molecule has 1 fully saturated rings. The van der Waals surface area contributed by atoms with Crippen LogP contribution in [0.25, 0.3) is 0 Å². The van der Waals surface area contributed by atoms with Crippen molar-refractivity contribution >= 4 is 0 Å². The molecule has 2 N–H and O–H groups in total. The van der Waals surface area contributed by atoms with Gasteiger partial charge in [-0.15, -0.1) is 13.2 Å². The molecule has 0 aliphatic heterocycles. The van der Waals surface area contributed by atoms with E-state index in [0.717, 1.165) is 37.7 Å². The summed E-state index contributed by atoms with van der Waals surface area (Å²) < 4.78 is 40.6. The van der Waals surface area contributed by atoms with Gasteiger partial charge in [0.1, 0.15) is 5.75 Å². The second-order valence-corrected chi connectivity index (χ2v) is 5.10. The predicted octanol–water partition coefficient (Wildman–Crippen LogP) is 3.96. The van der Waals surface area contributed by atoms with Crippen LogP contribution >= 0.6 is 0 Å². The van der Waals surface area contributed by atoms with Crippen LogP contribution in [-0.4, -0.2) is 12.4 Å². The summed E-state index contributed by atoms with van der Waals surface area (Å²) in [6, 6.07) is 6.41. The van der Waals surface area contributed by atoms with Gasteiger partial charge >= 0.3 is 6.36 Å². The van der Waals surface area contributed by atoms with Crippen LogP contribution in [0.2, 0.25) is 0 Å². The number of benzene rings is 1. The van der Waals surface area contributed by atoms with Crippen molar-refractivity contribution in [1.29, 1.82) is 0 Å². The second-order valence-electron chi connectivity index (χ2n) is 5.10. The second kappa shape index (κ2) is 5.82. The van der Waals surface area contributed by atoms with Crippen LogP contribution in [-0.2, 0) is 0 Å². The van der Waals surface area contributed by atoms with E-state index in [1.165, 1.54) is 12.1 Å². The fourth-order valence-corrected chi connectivity index (χ4v) is 2.67. The summed E-state index contributed by atoms with van der Waals surface area (Å²) in [5.41, 5.74) is 6.88. The Morgan fingerprint density at radius 1 is 1.16 bits per heavy atom. The zero-order valence-corrected chi connectivity index (χ0v) is 10.6. The minimum atomic E-state index is -4.64. The highest BCUT2D eigenvalue weighted by atomic mass is 19.4. The Kier molecular flexibility index (Phi) is 4.34. The average molecular weight is 273 g/mol. The van der Waals surface area contributed by atoms with Gasteiger partial charge in [-0.25, -0.2) is 0 Å². The molecule has 0 aromatic heterocycles. The van der Waals surface area contributed by atoms with Crippen LogP contribution in [0.4, 0.5) is 13.2 Å². The molecule has 2 nitrogen and oxygen atoms in total. The maximum Gasteiger partial charge on any atom is 0.573 e. The fraction of sp³-hybridized carbons (Fsp3) is 0.571. The minimum absolute atomic E-state index is 0.139. The van der Waals surface area contributed by atoms with Crippen LogP contribution in [0.5, 0.6) is 5.75 Å². The van der Waals surface area contributed by atoms with Gasteiger partial charge < -0.3 is 10.5 Å². The first-order valence-electron chi connectivity index (χ1n) is 6.55. The summed E-state index contributed by atoms with van der Waals surface area (Å²) >= 11 is 0. The maximum absolute atomic E-state index is 12.2. The molecule has 1 aliphatic rings. The van der Waals surface area contributed by atoms with Gasteiger partial charge in [-0.2, -0.15) is 0 Å². The van der Waals surface area contributed by atoms with E-state index >= 15 is 0 Å². The van der Waals surface area contributed by atoms with Gasteiger partial charge in [-0.3, -0.25) is 0 Å². The molecule has 1 saturated carbocycles. The highest BCUT2D eigenvalue weighted by Crippen LogP contribution is 2.33. The zero-order chi connectivity index (χ0) is 13.9. The lowest BCUT2D eigenvalue weighted by atomic mass is 9.90. The third-order valence-electron chi connectivity index (χ3n) is 3.53. The lowest BCUT2D eigenvalue weighted by Crippen LogP contribution is -2.21. The topological polar surface area (TPSA) is 35.2 Å². The molecule has 0 amide bonds. The third kappa shape index (κ3) is 4.42. The van der Waals surface area contributed by atoms with Crippen molar-refractivity contribution < 1.29 is 17.9 Å². The van der Waals surface area contributed by atoms with Gasteiger partial charge in [-0.1, -0.05) is 25.0 Å². The van der Waals surface area contributed by atoms with Crippen LogP contribution < -0.4 is 10.5 Å². The molecule has 0 heterocycles. The smallest absolute Gasteiger partial charge is 0.406 e. The first kappa shape index (κ1) is 14.2. The summed E-state index contributed by atoms with van der Waals surface area (Å²) in [4.78, 5) is 0. The molecule has 19 heavy (non-hydrogen) atoms. The lowest BCUT2D eigenvalue weighted by molar-refractivity contribution is -0.274. The molecule has 0 saturated heterocycles. The summed E-state index contributed by atoms with van der Waals surface area (Å²) in [5, 5.41) is 0. The van der Waals surface area contributed by atoms with Crippen molar-refractivity contribution in [2.24, 2.45) is 5.73 Å². The normalized spacial score (nSPS) is 24.8. The van der Waals surface area contributed by atoms with Crippen LogP contribution in [0, 0.1) is 0 Å². The number of alkyl halides is 3. The van der Waals surface area contributed by atoms with E-state index in [2.05, 4.69) is 4.74 Å². The Hall–Kier alpha value is -1.23. The first-order chi connectivity index (χ1) is 8.94. The summed E-state index contributed by atoms with van der Waals surface area (Å²) in [6.45, 7) is 0. The number of hydrogen-bond donors (Lipinski definition) is 1. The van der Waals surface area contributed by atoms with E-state index in [9.17, 15) is 13.2 Å². The van der Waals surface area contributed by atoms with Crippen molar-refractivity contribution in [2.45, 2.75) is 50.4 Å². The Morgan fingerprint density at radius 2 is 1.89 bits per heavy atom. The monoisotopic (exact) mass is 273 g/mol. The molecule has 106 valence electrons. The van der Waals surface area contributed by atoms with Gasteiger partial charge in [0.25, 0.3) is 0 Å². The van der Waals surface area contributed by atoms with Gasteiger partial charge in [-0.05, 0) is 42.9 Å². The van der Waals surface area contributed by atoms with Gasteiger partial charge in [0.2, 0.25) is 0 Å². The summed E-state index contributed by atoms with van der Waals surface area (Å²) in [7, 11) is 0. The van der Waals surface area contributed by atoms with Crippen LogP contribution in [0.3, 0.4) is 0 Å². The molecule has 2 unspecified atom stereocenters. The molecule has 1 aromatic carbocycles. The van der Waals surface area contributed by atoms with Crippen LogP contribution in [0.15, 0.2) is 24.3 Å². The SMILES string of the molecule is NC1CCCCC(c2cccc(OC(F)(F)F)c2)C1. The number of nitrogens with two attached hydrogens (primary N) is 1. The van der Waals surface area contributed by atoms with Crippen molar-refractivity contribution in [2.75, 3.05) is 0 Å². The van der Waals surface area contributed by atoms with Crippen molar-refractivity contribution in [1.82, 2.24) is 0 Å². The molecular formula is C14H18F3NO. The molecule has 2 rings (SSSR count). The Morgan fingerprint density at radius 3 is 2.63 bits per heavy atom. The van der Waals surface area contributed by atoms with E-state index in [0.29, 0.717) is 0 Å². The molecule has 5 heteroatoms.